The molecule has 1 saturated heterocycles. The quantitative estimate of drug-likeness (QED) is 0.643. The van der Waals surface area contributed by atoms with E-state index in [4.69, 9.17) is 9.47 Å². The predicted molar refractivity (Wildman–Crippen MR) is 115 cm³/mol. The molecule has 0 spiro atoms. The molecule has 1 aliphatic heterocycles. The van der Waals surface area contributed by atoms with E-state index in [1.165, 1.54) is 23.5 Å². The minimum absolute atomic E-state index is 0.0333. The highest BCUT2D eigenvalue weighted by Gasteiger charge is 2.16. The summed E-state index contributed by atoms with van der Waals surface area (Å²) in [6.45, 7) is 2.63. The zero-order chi connectivity index (χ0) is 18.9. The van der Waals surface area contributed by atoms with Crippen LogP contribution in [0.2, 0.25) is 0 Å². The molecule has 0 saturated carbocycles. The van der Waals surface area contributed by atoms with Crippen molar-refractivity contribution in [2.45, 2.75) is 24.3 Å². The van der Waals surface area contributed by atoms with Gasteiger partial charge < -0.3 is 14.8 Å². The first kappa shape index (κ1) is 20.0. The van der Waals surface area contributed by atoms with Crippen LogP contribution in [0.5, 0.6) is 11.5 Å². The van der Waals surface area contributed by atoms with Gasteiger partial charge in [-0.3, -0.25) is 4.79 Å². The monoisotopic (exact) mass is 403 g/mol. The minimum Gasteiger partial charge on any atom is -0.491 e. The largest absolute Gasteiger partial charge is 0.491 e. The Morgan fingerprint density at radius 3 is 2.56 bits per heavy atom. The SMILES string of the molecule is CCCOc1ccccc1NC(=O)COc1ccc(C2SCCCS2)cc1. The molecule has 4 nitrogen and oxygen atoms in total. The molecule has 0 aromatic heterocycles. The van der Waals surface area contributed by atoms with Gasteiger partial charge in [0, 0.05) is 0 Å². The third-order valence-corrected chi connectivity index (χ3v) is 6.99. The van der Waals surface area contributed by atoms with E-state index in [-0.39, 0.29) is 12.5 Å². The summed E-state index contributed by atoms with van der Waals surface area (Å²) in [5.41, 5.74) is 1.98. The van der Waals surface area contributed by atoms with Gasteiger partial charge in [0.25, 0.3) is 5.91 Å². The van der Waals surface area contributed by atoms with Crippen LogP contribution in [0.1, 0.15) is 29.9 Å². The van der Waals surface area contributed by atoms with Crippen LogP contribution in [-0.2, 0) is 4.79 Å². The Labute approximate surface area is 169 Å². The number of amides is 1. The summed E-state index contributed by atoms with van der Waals surface area (Å²) in [4.78, 5) is 12.2. The average Bonchev–Trinajstić information content (AvgIpc) is 2.73. The van der Waals surface area contributed by atoms with Gasteiger partial charge in [-0.2, -0.15) is 0 Å². The minimum atomic E-state index is -0.204. The van der Waals surface area contributed by atoms with Gasteiger partial charge in [0.2, 0.25) is 0 Å². The van der Waals surface area contributed by atoms with E-state index in [9.17, 15) is 4.79 Å². The molecule has 1 heterocycles. The van der Waals surface area contributed by atoms with Crippen molar-refractivity contribution in [2.75, 3.05) is 30.0 Å². The Morgan fingerprint density at radius 1 is 1.07 bits per heavy atom. The Balaban J connectivity index is 1.50. The highest BCUT2D eigenvalue weighted by atomic mass is 32.2. The summed E-state index contributed by atoms with van der Waals surface area (Å²) >= 11 is 3.99. The fourth-order valence-electron chi connectivity index (χ4n) is 2.64. The van der Waals surface area contributed by atoms with Crippen molar-refractivity contribution < 1.29 is 14.3 Å². The Morgan fingerprint density at radius 2 is 1.81 bits per heavy atom. The van der Waals surface area contributed by atoms with Crippen molar-refractivity contribution in [2.24, 2.45) is 0 Å². The molecule has 1 amide bonds. The molecule has 0 aliphatic carbocycles. The average molecular weight is 404 g/mol. The number of nitrogens with one attached hydrogen (secondary N) is 1. The van der Waals surface area contributed by atoms with Gasteiger partial charge >= 0.3 is 0 Å². The van der Waals surface area contributed by atoms with Crippen molar-refractivity contribution >= 4 is 35.1 Å². The lowest BCUT2D eigenvalue weighted by Gasteiger charge is -2.21. The number of carbonyl (C=O) groups is 1. The van der Waals surface area contributed by atoms with Gasteiger partial charge in [-0.05, 0) is 54.2 Å². The second-order valence-electron chi connectivity index (χ2n) is 6.18. The van der Waals surface area contributed by atoms with Crippen LogP contribution in [0.3, 0.4) is 0 Å². The molecule has 6 heteroatoms. The van der Waals surface area contributed by atoms with Crippen LogP contribution in [0, 0.1) is 0 Å². The van der Waals surface area contributed by atoms with Crippen LogP contribution < -0.4 is 14.8 Å². The van der Waals surface area contributed by atoms with Crippen LogP contribution in [-0.4, -0.2) is 30.6 Å². The molecule has 27 heavy (non-hydrogen) atoms. The molecule has 1 fully saturated rings. The molecule has 0 atom stereocenters. The van der Waals surface area contributed by atoms with Crippen LogP contribution in [0.4, 0.5) is 5.69 Å². The molecule has 0 radical (unpaired) electrons. The first-order chi connectivity index (χ1) is 13.3. The number of para-hydroxylation sites is 2. The molecule has 1 aliphatic rings. The van der Waals surface area contributed by atoms with E-state index in [1.54, 1.807) is 0 Å². The summed E-state index contributed by atoms with van der Waals surface area (Å²) < 4.78 is 11.8. The third-order valence-electron chi connectivity index (χ3n) is 3.97. The number of ether oxygens (including phenoxy) is 2. The van der Waals surface area contributed by atoms with Crippen molar-refractivity contribution in [1.82, 2.24) is 0 Å². The lowest BCUT2D eigenvalue weighted by molar-refractivity contribution is -0.118. The summed E-state index contributed by atoms with van der Waals surface area (Å²) in [5.74, 6) is 3.62. The Bertz CT molecular complexity index is 730. The first-order valence-electron chi connectivity index (χ1n) is 9.24. The summed E-state index contributed by atoms with van der Waals surface area (Å²) in [7, 11) is 0. The van der Waals surface area contributed by atoms with Crippen molar-refractivity contribution in [1.29, 1.82) is 0 Å². The maximum Gasteiger partial charge on any atom is 0.262 e. The van der Waals surface area contributed by atoms with Gasteiger partial charge in [-0.15, -0.1) is 23.5 Å². The maximum atomic E-state index is 12.2. The number of anilines is 1. The van der Waals surface area contributed by atoms with E-state index in [2.05, 4.69) is 17.4 Å². The zero-order valence-corrected chi connectivity index (χ0v) is 17.1. The standard InChI is InChI=1S/C21H25NO3S2/c1-2-12-24-19-7-4-3-6-18(19)22-20(23)15-25-17-10-8-16(9-11-17)21-26-13-5-14-27-21/h3-4,6-11,21H,2,5,12-15H2,1H3,(H,22,23). The number of hydrogen-bond acceptors (Lipinski definition) is 5. The maximum absolute atomic E-state index is 12.2. The molecule has 144 valence electrons. The number of benzene rings is 2. The smallest absolute Gasteiger partial charge is 0.262 e. The Kier molecular flexibility index (Phi) is 7.78. The number of rotatable bonds is 8. The summed E-state index contributed by atoms with van der Waals surface area (Å²) in [6, 6.07) is 15.5. The lowest BCUT2D eigenvalue weighted by atomic mass is 10.2. The number of hydrogen-bond donors (Lipinski definition) is 1. The second-order valence-corrected chi connectivity index (χ2v) is 8.90. The van der Waals surface area contributed by atoms with Crippen LogP contribution in [0.15, 0.2) is 48.5 Å². The Hall–Kier alpha value is -1.79. The van der Waals surface area contributed by atoms with Gasteiger partial charge in [0.15, 0.2) is 6.61 Å². The normalized spacial score (nSPS) is 14.6. The molecule has 2 aromatic carbocycles. The van der Waals surface area contributed by atoms with Gasteiger partial charge in [0.1, 0.15) is 11.5 Å². The number of carbonyl (C=O) groups excluding carboxylic acids is 1. The second kappa shape index (κ2) is 10.5. The first-order valence-corrected chi connectivity index (χ1v) is 11.3. The van der Waals surface area contributed by atoms with Gasteiger partial charge in [-0.25, -0.2) is 0 Å². The molecule has 2 aromatic rings. The molecule has 0 bridgehead atoms. The van der Waals surface area contributed by atoms with Gasteiger partial charge in [0.05, 0.1) is 16.9 Å². The third kappa shape index (κ3) is 6.11. The van der Waals surface area contributed by atoms with E-state index >= 15 is 0 Å². The fraction of sp³-hybridized carbons (Fsp3) is 0.381. The lowest BCUT2D eigenvalue weighted by Crippen LogP contribution is -2.20. The summed E-state index contributed by atoms with van der Waals surface area (Å²) in [6.07, 6.45) is 2.20. The highest BCUT2D eigenvalue weighted by Crippen LogP contribution is 2.43. The number of thioether (sulfide) groups is 2. The van der Waals surface area contributed by atoms with Crippen LogP contribution in [0.25, 0.3) is 0 Å². The molecule has 3 rings (SSSR count). The van der Waals surface area contributed by atoms with E-state index in [0.29, 0.717) is 28.4 Å². The van der Waals surface area contributed by atoms with E-state index in [1.807, 2.05) is 66.8 Å². The van der Waals surface area contributed by atoms with Gasteiger partial charge in [-0.1, -0.05) is 31.2 Å². The molecular weight excluding hydrogens is 378 g/mol. The van der Waals surface area contributed by atoms with Crippen LogP contribution >= 0.6 is 23.5 Å². The summed E-state index contributed by atoms with van der Waals surface area (Å²) in [5, 5.41) is 2.86. The van der Waals surface area contributed by atoms with Crippen molar-refractivity contribution in [3.05, 3.63) is 54.1 Å². The molecule has 0 unspecified atom stereocenters. The van der Waals surface area contributed by atoms with E-state index in [0.717, 1.165) is 6.42 Å². The highest BCUT2D eigenvalue weighted by molar-refractivity contribution is 8.16. The molecule has 1 N–H and O–H groups in total. The topological polar surface area (TPSA) is 47.6 Å². The molecular formula is C21H25NO3S2. The van der Waals surface area contributed by atoms with Crippen molar-refractivity contribution in [3.63, 3.8) is 0 Å². The fourth-order valence-corrected chi connectivity index (χ4v) is 5.54. The van der Waals surface area contributed by atoms with E-state index < -0.39 is 0 Å². The predicted octanol–water partition coefficient (Wildman–Crippen LogP) is 5.36. The zero-order valence-electron chi connectivity index (χ0n) is 15.5. The van der Waals surface area contributed by atoms with Crippen molar-refractivity contribution in [3.8, 4) is 11.5 Å².